The van der Waals surface area contributed by atoms with Crippen LogP contribution < -0.4 is 5.32 Å². The second-order valence-electron chi connectivity index (χ2n) is 8.71. The molecule has 154 valence electrons. The van der Waals surface area contributed by atoms with Crippen LogP contribution in [0.5, 0.6) is 0 Å². The van der Waals surface area contributed by atoms with Crippen molar-refractivity contribution in [2.75, 3.05) is 0 Å². The lowest BCUT2D eigenvalue weighted by molar-refractivity contribution is -0.122. The van der Waals surface area contributed by atoms with Gasteiger partial charge in [-0.2, -0.15) is 0 Å². The molecule has 0 spiro atoms. The average Bonchev–Trinajstić information content (AvgIpc) is 2.76. The van der Waals surface area contributed by atoms with E-state index in [2.05, 4.69) is 50.4 Å². The van der Waals surface area contributed by atoms with Crippen molar-refractivity contribution in [3.63, 3.8) is 0 Å². The summed E-state index contributed by atoms with van der Waals surface area (Å²) < 4.78 is 0. The van der Waals surface area contributed by atoms with E-state index >= 15 is 0 Å². The number of benzene rings is 3. The zero-order valence-electron chi connectivity index (χ0n) is 18.1. The number of carbonyl (C=O) groups is 2. The Hall–Kier alpha value is -3.20. The molecule has 0 aliphatic carbocycles. The SMILES string of the molecule is C[C@@H](C(=O)NCc1ccc(C(C)(C)C)cc1)c1cccc(C(=O)c2ccccc2)c1. The summed E-state index contributed by atoms with van der Waals surface area (Å²) in [4.78, 5) is 25.4. The summed E-state index contributed by atoms with van der Waals surface area (Å²) in [5.41, 5.74) is 4.51. The molecule has 0 saturated heterocycles. The third-order valence-electron chi connectivity index (χ3n) is 5.36. The van der Waals surface area contributed by atoms with Crippen LogP contribution >= 0.6 is 0 Å². The summed E-state index contributed by atoms with van der Waals surface area (Å²) in [7, 11) is 0. The van der Waals surface area contributed by atoms with E-state index < -0.39 is 0 Å². The highest BCUT2D eigenvalue weighted by atomic mass is 16.1. The molecule has 0 radical (unpaired) electrons. The minimum atomic E-state index is -0.345. The minimum Gasteiger partial charge on any atom is -0.352 e. The summed E-state index contributed by atoms with van der Waals surface area (Å²) in [5.74, 6) is -0.439. The lowest BCUT2D eigenvalue weighted by Crippen LogP contribution is -2.27. The van der Waals surface area contributed by atoms with Crippen LogP contribution in [0.4, 0.5) is 0 Å². The summed E-state index contributed by atoms with van der Waals surface area (Å²) in [5, 5.41) is 3.01. The van der Waals surface area contributed by atoms with Gasteiger partial charge >= 0.3 is 0 Å². The first-order chi connectivity index (χ1) is 14.3. The number of hydrogen-bond donors (Lipinski definition) is 1. The van der Waals surface area contributed by atoms with Crippen molar-refractivity contribution < 1.29 is 9.59 Å². The maximum absolute atomic E-state index is 12.7. The van der Waals surface area contributed by atoms with Gasteiger partial charge in [-0.15, -0.1) is 0 Å². The Kier molecular flexibility index (Phi) is 6.51. The molecular weight excluding hydrogens is 370 g/mol. The van der Waals surface area contributed by atoms with Gasteiger partial charge < -0.3 is 5.32 Å². The molecule has 0 aliphatic heterocycles. The van der Waals surface area contributed by atoms with Crippen LogP contribution in [0.2, 0.25) is 0 Å². The zero-order valence-corrected chi connectivity index (χ0v) is 18.1. The Morgan fingerprint density at radius 1 is 0.833 bits per heavy atom. The van der Waals surface area contributed by atoms with Crippen molar-refractivity contribution in [1.82, 2.24) is 5.32 Å². The fraction of sp³-hybridized carbons (Fsp3) is 0.259. The van der Waals surface area contributed by atoms with Gasteiger partial charge in [0.2, 0.25) is 5.91 Å². The Morgan fingerprint density at radius 3 is 2.10 bits per heavy atom. The lowest BCUT2D eigenvalue weighted by Gasteiger charge is -2.19. The molecule has 30 heavy (non-hydrogen) atoms. The number of amides is 1. The maximum atomic E-state index is 12.7. The monoisotopic (exact) mass is 399 g/mol. The predicted octanol–water partition coefficient (Wildman–Crippen LogP) is 5.64. The van der Waals surface area contributed by atoms with Crippen molar-refractivity contribution in [3.05, 3.63) is 107 Å². The lowest BCUT2D eigenvalue weighted by atomic mass is 9.87. The van der Waals surface area contributed by atoms with Crippen molar-refractivity contribution in [2.45, 2.75) is 45.6 Å². The summed E-state index contributed by atoms with van der Waals surface area (Å²) in [6.07, 6.45) is 0. The van der Waals surface area contributed by atoms with Crippen LogP contribution in [0, 0.1) is 0 Å². The standard InChI is InChI=1S/C27H29NO2/c1-19(26(30)28-18-20-13-15-24(16-14-20)27(2,3)4)22-11-8-12-23(17-22)25(29)21-9-6-5-7-10-21/h5-17,19H,18H2,1-4H3,(H,28,30)/t19-/m1/s1. The predicted molar refractivity (Wildman–Crippen MR) is 122 cm³/mol. The summed E-state index contributed by atoms with van der Waals surface area (Å²) in [6, 6.07) is 24.9. The van der Waals surface area contributed by atoms with Gasteiger partial charge in [-0.05, 0) is 35.1 Å². The minimum absolute atomic E-state index is 0.0380. The van der Waals surface area contributed by atoms with Gasteiger partial charge in [-0.1, -0.05) is 93.6 Å². The summed E-state index contributed by atoms with van der Waals surface area (Å²) in [6.45, 7) is 8.90. The third-order valence-corrected chi connectivity index (χ3v) is 5.36. The van der Waals surface area contributed by atoms with Crippen LogP contribution in [0.1, 0.15) is 66.2 Å². The van der Waals surface area contributed by atoms with Gasteiger partial charge in [-0.3, -0.25) is 9.59 Å². The first kappa shape index (κ1) is 21.5. The Labute approximate surface area is 179 Å². The van der Waals surface area contributed by atoms with Gasteiger partial charge in [0.05, 0.1) is 5.92 Å². The molecule has 1 amide bonds. The van der Waals surface area contributed by atoms with E-state index in [1.54, 1.807) is 18.2 Å². The van der Waals surface area contributed by atoms with E-state index in [-0.39, 0.29) is 23.0 Å². The number of carbonyl (C=O) groups excluding carboxylic acids is 2. The molecule has 3 aromatic rings. The van der Waals surface area contributed by atoms with Gasteiger partial charge in [0.1, 0.15) is 0 Å². The largest absolute Gasteiger partial charge is 0.352 e. The number of ketones is 1. The summed E-state index contributed by atoms with van der Waals surface area (Å²) >= 11 is 0. The highest BCUT2D eigenvalue weighted by Crippen LogP contribution is 2.22. The van der Waals surface area contributed by atoms with E-state index in [1.165, 1.54) is 5.56 Å². The van der Waals surface area contributed by atoms with Crippen molar-refractivity contribution in [2.24, 2.45) is 0 Å². The van der Waals surface area contributed by atoms with E-state index in [0.29, 0.717) is 17.7 Å². The first-order valence-electron chi connectivity index (χ1n) is 10.3. The van der Waals surface area contributed by atoms with Gasteiger partial charge in [0, 0.05) is 17.7 Å². The van der Waals surface area contributed by atoms with E-state index in [9.17, 15) is 9.59 Å². The molecule has 3 aromatic carbocycles. The Morgan fingerprint density at radius 2 is 1.47 bits per heavy atom. The smallest absolute Gasteiger partial charge is 0.227 e. The van der Waals surface area contributed by atoms with Gasteiger partial charge in [0.15, 0.2) is 5.78 Å². The van der Waals surface area contributed by atoms with Crippen molar-refractivity contribution in [1.29, 1.82) is 0 Å². The highest BCUT2D eigenvalue weighted by Gasteiger charge is 2.18. The molecule has 0 fully saturated rings. The molecule has 0 aromatic heterocycles. The molecule has 0 heterocycles. The number of nitrogens with one attached hydrogen (secondary N) is 1. The van der Waals surface area contributed by atoms with Crippen molar-refractivity contribution >= 4 is 11.7 Å². The highest BCUT2D eigenvalue weighted by molar-refractivity contribution is 6.09. The Balaban J connectivity index is 1.65. The van der Waals surface area contributed by atoms with E-state index in [4.69, 9.17) is 0 Å². The molecule has 0 bridgehead atoms. The molecule has 3 rings (SSSR count). The average molecular weight is 400 g/mol. The van der Waals surface area contributed by atoms with Crippen LogP contribution in [0.15, 0.2) is 78.9 Å². The maximum Gasteiger partial charge on any atom is 0.227 e. The normalized spacial score (nSPS) is 12.3. The number of hydrogen-bond acceptors (Lipinski definition) is 2. The molecule has 3 heteroatoms. The molecular formula is C27H29NO2. The molecule has 1 N–H and O–H groups in total. The fourth-order valence-corrected chi connectivity index (χ4v) is 3.32. The van der Waals surface area contributed by atoms with Crippen LogP contribution in [-0.2, 0) is 16.8 Å². The van der Waals surface area contributed by atoms with E-state index in [0.717, 1.165) is 11.1 Å². The number of rotatable bonds is 6. The van der Waals surface area contributed by atoms with Gasteiger partial charge in [0.25, 0.3) is 0 Å². The second kappa shape index (κ2) is 9.08. The van der Waals surface area contributed by atoms with Crippen LogP contribution in [-0.4, -0.2) is 11.7 Å². The quantitative estimate of drug-likeness (QED) is 0.546. The molecule has 3 nitrogen and oxygen atoms in total. The van der Waals surface area contributed by atoms with Crippen LogP contribution in [0.3, 0.4) is 0 Å². The Bertz CT molecular complexity index is 1010. The van der Waals surface area contributed by atoms with E-state index in [1.807, 2.05) is 43.3 Å². The fourth-order valence-electron chi connectivity index (χ4n) is 3.32. The third kappa shape index (κ3) is 5.24. The zero-order chi connectivity index (χ0) is 21.7. The second-order valence-corrected chi connectivity index (χ2v) is 8.71. The van der Waals surface area contributed by atoms with Crippen LogP contribution in [0.25, 0.3) is 0 Å². The molecule has 0 saturated carbocycles. The van der Waals surface area contributed by atoms with Crippen molar-refractivity contribution in [3.8, 4) is 0 Å². The van der Waals surface area contributed by atoms with Gasteiger partial charge in [-0.25, -0.2) is 0 Å². The first-order valence-corrected chi connectivity index (χ1v) is 10.3. The molecule has 1 atom stereocenters. The topological polar surface area (TPSA) is 46.2 Å². The molecule has 0 aliphatic rings. The molecule has 0 unspecified atom stereocenters.